The molecule has 9 heteroatoms. The van der Waals surface area contributed by atoms with Gasteiger partial charge in [0.25, 0.3) is 0 Å². The summed E-state index contributed by atoms with van der Waals surface area (Å²) in [6, 6.07) is 2.00. The van der Waals surface area contributed by atoms with Gasteiger partial charge in [0.05, 0.1) is 24.3 Å². The molecule has 1 amide bonds. The lowest BCUT2D eigenvalue weighted by Gasteiger charge is -2.38. The molecule has 4 heterocycles. The second-order valence-electron chi connectivity index (χ2n) is 7.87. The average molecular weight is 381 g/mol. The van der Waals surface area contributed by atoms with Crippen molar-refractivity contribution >= 4 is 17.4 Å². The lowest BCUT2D eigenvalue weighted by atomic mass is 9.85. The summed E-state index contributed by atoms with van der Waals surface area (Å²) in [4.78, 5) is 18.2. The first-order chi connectivity index (χ1) is 13.6. The molecule has 1 aliphatic heterocycles. The van der Waals surface area contributed by atoms with Gasteiger partial charge in [-0.2, -0.15) is 10.2 Å². The van der Waals surface area contributed by atoms with Gasteiger partial charge < -0.3 is 15.3 Å². The van der Waals surface area contributed by atoms with Crippen molar-refractivity contribution in [1.82, 2.24) is 29.7 Å². The standard InChI is InChI=1S/C19H23N7O2/c1-24-8-14(6-22-24)16-11-26-17(4-5-21-26)18(23-16)25-9-12-2-3-13(10-25)15(12)7-20-19(27)28/h4-6,8,11-13,15,20H,2-3,7,9-10H2,1H3,(H,27,28)/t12-,13+,15?. The monoisotopic (exact) mass is 381 g/mol. The van der Waals surface area contributed by atoms with Crippen molar-refractivity contribution in [3.8, 4) is 11.3 Å². The quantitative estimate of drug-likeness (QED) is 0.715. The topological polar surface area (TPSA) is 101 Å². The maximum atomic E-state index is 10.9. The number of amides is 1. The Labute approximate surface area is 162 Å². The van der Waals surface area contributed by atoms with Gasteiger partial charge in [0.1, 0.15) is 5.52 Å². The first-order valence-electron chi connectivity index (χ1n) is 9.63. The molecule has 2 N–H and O–H groups in total. The van der Waals surface area contributed by atoms with E-state index in [1.54, 1.807) is 10.9 Å². The zero-order chi connectivity index (χ0) is 19.3. The Morgan fingerprint density at radius 2 is 2.04 bits per heavy atom. The highest BCUT2D eigenvalue weighted by molar-refractivity contribution is 5.73. The number of anilines is 1. The summed E-state index contributed by atoms with van der Waals surface area (Å²) in [6.45, 7) is 2.34. The van der Waals surface area contributed by atoms with E-state index < -0.39 is 6.09 Å². The molecule has 3 atom stereocenters. The molecule has 2 aliphatic rings. The van der Waals surface area contributed by atoms with Crippen LogP contribution in [-0.4, -0.2) is 55.2 Å². The Kier molecular flexibility index (Phi) is 3.96. The number of fused-ring (bicyclic) bond motifs is 3. The Morgan fingerprint density at radius 3 is 2.71 bits per heavy atom. The molecule has 3 aromatic heterocycles. The molecule has 9 nitrogen and oxygen atoms in total. The Morgan fingerprint density at radius 1 is 1.25 bits per heavy atom. The lowest BCUT2D eigenvalue weighted by molar-refractivity contribution is 0.185. The molecule has 1 unspecified atom stereocenters. The van der Waals surface area contributed by atoms with Crippen LogP contribution in [0.15, 0.2) is 30.9 Å². The van der Waals surface area contributed by atoms with Gasteiger partial charge in [-0.1, -0.05) is 0 Å². The fraction of sp³-hybridized carbons (Fsp3) is 0.474. The minimum atomic E-state index is -0.936. The number of hydrogen-bond acceptors (Lipinski definition) is 5. The maximum absolute atomic E-state index is 10.9. The number of carboxylic acid groups (broad SMARTS) is 1. The van der Waals surface area contributed by atoms with E-state index in [0.29, 0.717) is 24.3 Å². The highest BCUT2D eigenvalue weighted by Crippen LogP contribution is 2.43. The van der Waals surface area contributed by atoms with Crippen LogP contribution in [0.4, 0.5) is 10.6 Å². The molecule has 3 aromatic rings. The summed E-state index contributed by atoms with van der Waals surface area (Å²) in [7, 11) is 1.89. The van der Waals surface area contributed by atoms with Crippen molar-refractivity contribution in [2.24, 2.45) is 24.8 Å². The number of hydrogen-bond donors (Lipinski definition) is 2. The highest BCUT2D eigenvalue weighted by atomic mass is 16.4. The summed E-state index contributed by atoms with van der Waals surface area (Å²) < 4.78 is 3.65. The lowest BCUT2D eigenvalue weighted by Crippen LogP contribution is -2.46. The largest absolute Gasteiger partial charge is 0.465 e. The van der Waals surface area contributed by atoms with E-state index >= 15 is 0 Å². The number of nitrogens with one attached hydrogen (secondary N) is 1. The Hall–Kier alpha value is -3.10. The van der Waals surface area contributed by atoms with Crippen LogP contribution in [0.3, 0.4) is 0 Å². The minimum Gasteiger partial charge on any atom is -0.465 e. The number of aryl methyl sites for hydroxylation is 1. The summed E-state index contributed by atoms with van der Waals surface area (Å²) >= 11 is 0. The molecule has 1 saturated heterocycles. The third-order valence-electron chi connectivity index (χ3n) is 6.19. The van der Waals surface area contributed by atoms with Crippen molar-refractivity contribution in [1.29, 1.82) is 0 Å². The molecular weight excluding hydrogens is 358 g/mol. The average Bonchev–Trinajstić information content (AvgIpc) is 3.37. The van der Waals surface area contributed by atoms with E-state index in [9.17, 15) is 4.79 Å². The maximum Gasteiger partial charge on any atom is 0.404 e. The second-order valence-corrected chi connectivity index (χ2v) is 7.87. The van der Waals surface area contributed by atoms with Gasteiger partial charge in [-0.3, -0.25) is 4.68 Å². The van der Waals surface area contributed by atoms with Gasteiger partial charge in [0.2, 0.25) is 0 Å². The zero-order valence-corrected chi connectivity index (χ0v) is 15.7. The highest BCUT2D eigenvalue weighted by Gasteiger charge is 2.42. The van der Waals surface area contributed by atoms with E-state index in [4.69, 9.17) is 10.1 Å². The number of aromatic nitrogens is 5. The minimum absolute atomic E-state index is 0.412. The zero-order valence-electron chi connectivity index (χ0n) is 15.7. The molecule has 0 radical (unpaired) electrons. The predicted molar refractivity (Wildman–Crippen MR) is 103 cm³/mol. The second kappa shape index (κ2) is 6.50. The van der Waals surface area contributed by atoms with Crippen LogP contribution in [0.1, 0.15) is 12.8 Å². The van der Waals surface area contributed by atoms with E-state index in [0.717, 1.165) is 48.5 Å². The van der Waals surface area contributed by atoms with Crippen LogP contribution < -0.4 is 10.2 Å². The first kappa shape index (κ1) is 17.0. The molecule has 28 heavy (non-hydrogen) atoms. The van der Waals surface area contributed by atoms with Crippen molar-refractivity contribution in [3.05, 3.63) is 30.9 Å². The van der Waals surface area contributed by atoms with Crippen LogP contribution in [0.2, 0.25) is 0 Å². The van der Waals surface area contributed by atoms with E-state index in [1.165, 1.54) is 0 Å². The third kappa shape index (κ3) is 2.87. The summed E-state index contributed by atoms with van der Waals surface area (Å²) in [6.07, 6.45) is 8.85. The fourth-order valence-corrected chi connectivity index (χ4v) is 4.88. The summed E-state index contributed by atoms with van der Waals surface area (Å²) in [5, 5.41) is 20.2. The van der Waals surface area contributed by atoms with Crippen LogP contribution >= 0.6 is 0 Å². The molecule has 1 aliphatic carbocycles. The van der Waals surface area contributed by atoms with E-state index in [1.807, 2.05) is 36.2 Å². The third-order valence-corrected chi connectivity index (χ3v) is 6.19. The number of nitrogens with zero attached hydrogens (tertiary/aromatic N) is 6. The molecular formula is C19H23N7O2. The van der Waals surface area contributed by atoms with Gasteiger partial charge in [-0.15, -0.1) is 0 Å². The molecule has 0 spiro atoms. The van der Waals surface area contributed by atoms with E-state index in [2.05, 4.69) is 20.4 Å². The number of rotatable bonds is 4. The first-order valence-corrected chi connectivity index (χ1v) is 9.63. The number of piperidine rings is 1. The Balaban J connectivity index is 1.47. The predicted octanol–water partition coefficient (Wildman–Crippen LogP) is 1.86. The molecule has 146 valence electrons. The van der Waals surface area contributed by atoms with Crippen molar-refractivity contribution < 1.29 is 9.90 Å². The van der Waals surface area contributed by atoms with Gasteiger partial charge in [-0.25, -0.2) is 14.3 Å². The molecule has 2 fully saturated rings. The van der Waals surface area contributed by atoms with E-state index in [-0.39, 0.29) is 0 Å². The molecule has 2 bridgehead atoms. The smallest absolute Gasteiger partial charge is 0.404 e. The Bertz CT molecular complexity index is 1010. The van der Waals surface area contributed by atoms with Crippen LogP contribution in [-0.2, 0) is 7.05 Å². The van der Waals surface area contributed by atoms with Crippen molar-refractivity contribution in [2.75, 3.05) is 24.5 Å². The van der Waals surface area contributed by atoms with Crippen LogP contribution in [0.5, 0.6) is 0 Å². The normalized spacial score (nSPS) is 24.0. The van der Waals surface area contributed by atoms with Gasteiger partial charge in [0.15, 0.2) is 5.82 Å². The van der Waals surface area contributed by atoms with Gasteiger partial charge in [-0.05, 0) is 36.7 Å². The molecule has 5 rings (SSSR count). The summed E-state index contributed by atoms with van der Waals surface area (Å²) in [5.41, 5.74) is 2.81. The van der Waals surface area contributed by atoms with Gasteiger partial charge >= 0.3 is 6.09 Å². The SMILES string of the molecule is Cn1cc(-c2cn3nccc3c(N3C[C@H]4CC[C@@H](C3)C4CNC(=O)O)n2)cn1. The van der Waals surface area contributed by atoms with Crippen LogP contribution in [0, 0.1) is 17.8 Å². The van der Waals surface area contributed by atoms with Crippen molar-refractivity contribution in [3.63, 3.8) is 0 Å². The van der Waals surface area contributed by atoms with Gasteiger partial charge in [0, 0.05) is 38.4 Å². The summed E-state index contributed by atoms with van der Waals surface area (Å²) in [5.74, 6) is 2.32. The van der Waals surface area contributed by atoms with Crippen LogP contribution in [0.25, 0.3) is 16.8 Å². The molecule has 0 aromatic carbocycles. The fourth-order valence-electron chi connectivity index (χ4n) is 4.88. The number of carbonyl (C=O) groups is 1. The van der Waals surface area contributed by atoms with Crippen molar-refractivity contribution in [2.45, 2.75) is 12.8 Å². The molecule has 1 saturated carbocycles.